The molecule has 3 amide bonds. The molecule has 11 heteroatoms. The van der Waals surface area contributed by atoms with Crippen molar-refractivity contribution in [3.05, 3.63) is 91.8 Å². The number of imide groups is 1. The number of anilines is 2. The number of benzene rings is 3. The highest BCUT2D eigenvalue weighted by Gasteiger charge is 2.36. The summed E-state index contributed by atoms with van der Waals surface area (Å²) in [6, 6.07) is 17.4. The number of amides is 3. The predicted octanol–water partition coefficient (Wildman–Crippen LogP) is 7.75. The van der Waals surface area contributed by atoms with Crippen LogP contribution in [0, 0.1) is 0 Å². The standard InChI is InChI=1S/C29H26Cl3N3O4S/c1-3-34(4-2)23-11-9-18(25(15-23)39-17-19-8-10-21(31)14-24(19)32)12-26-28(37)35(29(38)40-26)16-27(36)33-22-7-5-6-20(30)13-22/h5-15H,3-4,16-17H2,1-2H3,(H,33,36)/b26-12+. The van der Waals surface area contributed by atoms with Gasteiger partial charge in [0.2, 0.25) is 5.91 Å². The predicted molar refractivity (Wildman–Crippen MR) is 164 cm³/mol. The van der Waals surface area contributed by atoms with Gasteiger partial charge < -0.3 is 15.0 Å². The van der Waals surface area contributed by atoms with Crippen LogP contribution in [-0.2, 0) is 16.2 Å². The number of nitrogens with one attached hydrogen (secondary N) is 1. The average Bonchev–Trinajstić information content (AvgIpc) is 3.17. The summed E-state index contributed by atoms with van der Waals surface area (Å²) in [7, 11) is 0. The number of thioether (sulfide) groups is 1. The quantitative estimate of drug-likeness (QED) is 0.234. The van der Waals surface area contributed by atoms with Crippen molar-refractivity contribution in [1.82, 2.24) is 4.90 Å². The third-order valence-electron chi connectivity index (χ3n) is 6.09. The lowest BCUT2D eigenvalue weighted by molar-refractivity contribution is -0.127. The molecule has 3 aromatic rings. The zero-order valence-corrected chi connectivity index (χ0v) is 24.8. The van der Waals surface area contributed by atoms with Crippen LogP contribution in [0.2, 0.25) is 15.1 Å². The van der Waals surface area contributed by atoms with Gasteiger partial charge >= 0.3 is 0 Å². The van der Waals surface area contributed by atoms with E-state index in [-0.39, 0.29) is 11.5 Å². The van der Waals surface area contributed by atoms with E-state index in [4.69, 9.17) is 39.5 Å². The van der Waals surface area contributed by atoms with E-state index in [2.05, 4.69) is 24.1 Å². The number of ether oxygens (including phenoxy) is 1. The molecule has 1 aliphatic heterocycles. The van der Waals surface area contributed by atoms with Crippen LogP contribution in [-0.4, -0.2) is 41.6 Å². The first-order valence-corrected chi connectivity index (χ1v) is 14.4. The van der Waals surface area contributed by atoms with Crippen molar-refractivity contribution >= 4 is 81.1 Å². The van der Waals surface area contributed by atoms with Gasteiger partial charge in [0.25, 0.3) is 11.1 Å². The largest absolute Gasteiger partial charge is 0.488 e. The lowest BCUT2D eigenvalue weighted by Gasteiger charge is -2.22. The molecule has 7 nitrogen and oxygen atoms in total. The molecule has 0 unspecified atom stereocenters. The van der Waals surface area contributed by atoms with E-state index in [9.17, 15) is 14.4 Å². The summed E-state index contributed by atoms with van der Waals surface area (Å²) < 4.78 is 6.17. The number of carbonyl (C=O) groups excluding carboxylic acids is 3. The number of rotatable bonds is 10. The van der Waals surface area contributed by atoms with Gasteiger partial charge in [-0.3, -0.25) is 19.3 Å². The van der Waals surface area contributed by atoms with Gasteiger partial charge in [-0.1, -0.05) is 46.9 Å². The highest BCUT2D eigenvalue weighted by molar-refractivity contribution is 8.18. The molecular formula is C29H26Cl3N3O4S. The van der Waals surface area contributed by atoms with Crippen LogP contribution in [0.15, 0.2) is 65.6 Å². The van der Waals surface area contributed by atoms with Crippen molar-refractivity contribution in [2.75, 3.05) is 29.9 Å². The van der Waals surface area contributed by atoms with E-state index in [1.165, 1.54) is 0 Å². The van der Waals surface area contributed by atoms with Crippen molar-refractivity contribution in [3.8, 4) is 5.75 Å². The molecule has 208 valence electrons. The van der Waals surface area contributed by atoms with E-state index in [0.29, 0.717) is 32.1 Å². The molecule has 0 atom stereocenters. The Kier molecular flexibility index (Phi) is 10.0. The van der Waals surface area contributed by atoms with Crippen molar-refractivity contribution in [2.45, 2.75) is 20.5 Å². The van der Waals surface area contributed by atoms with Gasteiger partial charge in [-0.15, -0.1) is 0 Å². The van der Waals surface area contributed by atoms with Crippen LogP contribution in [0.4, 0.5) is 16.2 Å². The first kappa shape index (κ1) is 29.8. The highest BCUT2D eigenvalue weighted by atomic mass is 35.5. The number of nitrogens with zero attached hydrogens (tertiary/aromatic N) is 2. The maximum Gasteiger partial charge on any atom is 0.294 e. The first-order chi connectivity index (χ1) is 19.2. The van der Waals surface area contributed by atoms with Gasteiger partial charge in [0.1, 0.15) is 18.9 Å². The lowest BCUT2D eigenvalue weighted by Crippen LogP contribution is -2.36. The van der Waals surface area contributed by atoms with Crippen LogP contribution in [0.25, 0.3) is 6.08 Å². The zero-order chi connectivity index (χ0) is 28.8. The molecule has 0 saturated carbocycles. The third-order valence-corrected chi connectivity index (χ3v) is 7.82. The Labute approximate surface area is 252 Å². The van der Waals surface area contributed by atoms with Crippen molar-refractivity contribution < 1.29 is 19.1 Å². The van der Waals surface area contributed by atoms with Gasteiger partial charge in [-0.25, -0.2) is 0 Å². The van der Waals surface area contributed by atoms with E-state index >= 15 is 0 Å². The zero-order valence-electron chi connectivity index (χ0n) is 21.7. The molecule has 40 heavy (non-hydrogen) atoms. The Balaban J connectivity index is 1.56. The summed E-state index contributed by atoms with van der Waals surface area (Å²) in [5.41, 5.74) is 2.77. The molecule has 4 rings (SSSR count). The summed E-state index contributed by atoms with van der Waals surface area (Å²) in [5, 5.41) is 3.57. The fourth-order valence-corrected chi connectivity index (χ4v) is 5.52. The molecule has 3 aromatic carbocycles. The van der Waals surface area contributed by atoms with E-state index in [0.717, 1.165) is 41.0 Å². The van der Waals surface area contributed by atoms with Gasteiger partial charge in [0.05, 0.1) is 4.91 Å². The number of hydrogen-bond donors (Lipinski definition) is 1. The average molecular weight is 619 g/mol. The second kappa shape index (κ2) is 13.5. The SMILES string of the molecule is CCN(CC)c1ccc(/C=C2/SC(=O)N(CC(=O)Nc3cccc(Cl)c3)C2=O)c(OCc2ccc(Cl)cc2Cl)c1. The summed E-state index contributed by atoms with van der Waals surface area (Å²) >= 11 is 19.1. The number of carbonyl (C=O) groups is 3. The van der Waals surface area contributed by atoms with Gasteiger partial charge in [-0.2, -0.15) is 0 Å². The summed E-state index contributed by atoms with van der Waals surface area (Å²) in [6.45, 7) is 5.47. The molecule has 0 radical (unpaired) electrons. The van der Waals surface area contributed by atoms with Gasteiger partial charge in [-0.05, 0) is 74.1 Å². The Morgan fingerprint density at radius 3 is 2.45 bits per heavy atom. The molecule has 0 bridgehead atoms. The molecule has 1 fully saturated rings. The molecule has 0 aliphatic carbocycles. The molecular weight excluding hydrogens is 593 g/mol. The van der Waals surface area contributed by atoms with Crippen molar-refractivity contribution in [3.63, 3.8) is 0 Å². The topological polar surface area (TPSA) is 79.0 Å². The fraction of sp³-hybridized carbons (Fsp3) is 0.207. The maximum atomic E-state index is 13.1. The normalized spacial score (nSPS) is 14.1. The Morgan fingerprint density at radius 1 is 1.00 bits per heavy atom. The molecule has 1 saturated heterocycles. The Bertz CT molecular complexity index is 1480. The van der Waals surface area contributed by atoms with Crippen LogP contribution in [0.1, 0.15) is 25.0 Å². The maximum absolute atomic E-state index is 13.1. The second-order valence-electron chi connectivity index (χ2n) is 8.75. The monoisotopic (exact) mass is 617 g/mol. The summed E-state index contributed by atoms with van der Waals surface area (Å²) in [6.07, 6.45) is 1.60. The van der Waals surface area contributed by atoms with Gasteiger partial charge in [0.15, 0.2) is 0 Å². The van der Waals surface area contributed by atoms with E-state index in [1.807, 2.05) is 18.2 Å². The third kappa shape index (κ3) is 7.31. The minimum Gasteiger partial charge on any atom is -0.488 e. The van der Waals surface area contributed by atoms with Crippen molar-refractivity contribution in [2.24, 2.45) is 0 Å². The molecule has 0 spiro atoms. The fourth-order valence-electron chi connectivity index (χ4n) is 4.03. The molecule has 1 N–H and O–H groups in total. The minimum atomic E-state index is -0.559. The number of halogens is 3. The Hall–Kier alpha value is -3.17. The second-order valence-corrected chi connectivity index (χ2v) is 11.0. The Morgan fingerprint density at radius 2 is 1.75 bits per heavy atom. The molecule has 1 aliphatic rings. The lowest BCUT2D eigenvalue weighted by atomic mass is 10.1. The van der Waals surface area contributed by atoms with E-state index < -0.39 is 23.6 Å². The van der Waals surface area contributed by atoms with Crippen LogP contribution < -0.4 is 15.0 Å². The smallest absolute Gasteiger partial charge is 0.294 e. The van der Waals surface area contributed by atoms with Crippen LogP contribution >= 0.6 is 46.6 Å². The van der Waals surface area contributed by atoms with Crippen LogP contribution in [0.3, 0.4) is 0 Å². The summed E-state index contributed by atoms with van der Waals surface area (Å²) in [4.78, 5) is 41.6. The number of hydrogen-bond acceptors (Lipinski definition) is 6. The van der Waals surface area contributed by atoms with Crippen LogP contribution in [0.5, 0.6) is 5.75 Å². The van der Waals surface area contributed by atoms with E-state index in [1.54, 1.807) is 48.5 Å². The van der Waals surface area contributed by atoms with Crippen molar-refractivity contribution in [1.29, 1.82) is 0 Å². The molecule has 1 heterocycles. The first-order valence-electron chi connectivity index (χ1n) is 12.4. The molecule has 0 aromatic heterocycles. The van der Waals surface area contributed by atoms with Gasteiger partial charge in [0, 0.05) is 56.7 Å². The summed E-state index contributed by atoms with van der Waals surface area (Å²) in [5.74, 6) is -0.560. The minimum absolute atomic E-state index is 0.170. The highest BCUT2D eigenvalue weighted by Crippen LogP contribution is 2.36.